The fourth-order valence-electron chi connectivity index (χ4n) is 1.31. The third kappa shape index (κ3) is 3.54. The van der Waals surface area contributed by atoms with Crippen LogP contribution in [-0.2, 0) is 0 Å². The van der Waals surface area contributed by atoms with E-state index >= 15 is 0 Å². The van der Waals surface area contributed by atoms with Gasteiger partial charge in [-0.15, -0.1) is 0 Å². The van der Waals surface area contributed by atoms with Gasteiger partial charge in [0, 0.05) is 13.1 Å². The maximum Gasteiger partial charge on any atom is 0.0166 e. The molecule has 1 rings (SSSR count). The SMILES string of the molecule is CCNCCCN1CC=CC1. The van der Waals surface area contributed by atoms with Gasteiger partial charge in [-0.1, -0.05) is 19.1 Å². The van der Waals surface area contributed by atoms with Crippen molar-refractivity contribution in [2.24, 2.45) is 0 Å². The minimum atomic E-state index is 1.10. The molecule has 1 N–H and O–H groups in total. The molecule has 0 aromatic carbocycles. The lowest BCUT2D eigenvalue weighted by atomic mass is 10.4. The van der Waals surface area contributed by atoms with Gasteiger partial charge in [0.1, 0.15) is 0 Å². The first-order valence-electron chi connectivity index (χ1n) is 4.51. The Bertz CT molecular complexity index is 113. The summed E-state index contributed by atoms with van der Waals surface area (Å²) in [7, 11) is 0. The summed E-state index contributed by atoms with van der Waals surface area (Å²) in [5.74, 6) is 0. The number of hydrogen-bond donors (Lipinski definition) is 1. The Hall–Kier alpha value is -0.340. The summed E-state index contributed by atoms with van der Waals surface area (Å²) >= 11 is 0. The van der Waals surface area contributed by atoms with Gasteiger partial charge < -0.3 is 5.32 Å². The van der Waals surface area contributed by atoms with Crippen molar-refractivity contribution in [2.45, 2.75) is 13.3 Å². The van der Waals surface area contributed by atoms with Crippen molar-refractivity contribution in [1.29, 1.82) is 0 Å². The standard InChI is InChI=1S/C9H18N2/c1-2-10-6-5-9-11-7-3-4-8-11/h3-4,10H,2,5-9H2,1H3. The number of hydrogen-bond acceptors (Lipinski definition) is 2. The highest BCUT2D eigenvalue weighted by Gasteiger charge is 2.03. The zero-order valence-corrected chi connectivity index (χ0v) is 7.34. The van der Waals surface area contributed by atoms with E-state index in [0.717, 1.165) is 26.2 Å². The molecule has 0 saturated heterocycles. The van der Waals surface area contributed by atoms with Crippen LogP contribution in [-0.4, -0.2) is 37.6 Å². The van der Waals surface area contributed by atoms with E-state index in [1.807, 2.05) is 0 Å². The van der Waals surface area contributed by atoms with Gasteiger partial charge in [-0.2, -0.15) is 0 Å². The van der Waals surface area contributed by atoms with Crippen molar-refractivity contribution >= 4 is 0 Å². The van der Waals surface area contributed by atoms with Crippen molar-refractivity contribution in [3.63, 3.8) is 0 Å². The van der Waals surface area contributed by atoms with Gasteiger partial charge in [-0.05, 0) is 26.1 Å². The van der Waals surface area contributed by atoms with Crippen molar-refractivity contribution in [2.75, 3.05) is 32.7 Å². The lowest BCUT2D eigenvalue weighted by Crippen LogP contribution is -2.25. The molecule has 0 atom stereocenters. The predicted octanol–water partition coefficient (Wildman–Crippen LogP) is 0.858. The topological polar surface area (TPSA) is 15.3 Å². The summed E-state index contributed by atoms with van der Waals surface area (Å²) in [5, 5.41) is 3.33. The van der Waals surface area contributed by atoms with Crippen LogP contribution in [0.25, 0.3) is 0 Å². The monoisotopic (exact) mass is 154 g/mol. The molecule has 0 aromatic heterocycles. The van der Waals surface area contributed by atoms with Crippen LogP contribution < -0.4 is 5.32 Å². The van der Waals surface area contributed by atoms with Gasteiger partial charge in [0.05, 0.1) is 0 Å². The largest absolute Gasteiger partial charge is 0.317 e. The maximum atomic E-state index is 3.33. The fraction of sp³-hybridized carbons (Fsp3) is 0.778. The first kappa shape index (κ1) is 8.75. The summed E-state index contributed by atoms with van der Waals surface area (Å²) < 4.78 is 0. The Kier molecular flexibility index (Phi) is 4.24. The molecular weight excluding hydrogens is 136 g/mol. The predicted molar refractivity (Wildman–Crippen MR) is 48.7 cm³/mol. The highest BCUT2D eigenvalue weighted by atomic mass is 15.1. The minimum absolute atomic E-state index is 1.10. The summed E-state index contributed by atoms with van der Waals surface area (Å²) in [4.78, 5) is 2.46. The summed E-state index contributed by atoms with van der Waals surface area (Å²) in [6, 6.07) is 0. The smallest absolute Gasteiger partial charge is 0.0166 e. The zero-order valence-electron chi connectivity index (χ0n) is 7.34. The molecule has 1 aliphatic heterocycles. The second-order valence-electron chi connectivity index (χ2n) is 2.94. The van der Waals surface area contributed by atoms with Crippen LogP contribution in [0.15, 0.2) is 12.2 Å². The lowest BCUT2D eigenvalue weighted by molar-refractivity contribution is 0.344. The van der Waals surface area contributed by atoms with Gasteiger partial charge in [-0.3, -0.25) is 4.90 Å². The van der Waals surface area contributed by atoms with Crippen molar-refractivity contribution in [3.05, 3.63) is 12.2 Å². The van der Waals surface area contributed by atoms with Crippen molar-refractivity contribution in [1.82, 2.24) is 10.2 Å². The van der Waals surface area contributed by atoms with Crippen LogP contribution >= 0.6 is 0 Å². The molecule has 2 heteroatoms. The van der Waals surface area contributed by atoms with Crippen LogP contribution in [0.1, 0.15) is 13.3 Å². The Morgan fingerprint density at radius 1 is 1.36 bits per heavy atom. The first-order chi connectivity index (χ1) is 5.43. The molecule has 0 spiro atoms. The Morgan fingerprint density at radius 3 is 2.73 bits per heavy atom. The molecule has 64 valence electrons. The fourth-order valence-corrected chi connectivity index (χ4v) is 1.31. The molecule has 1 aliphatic rings. The second kappa shape index (κ2) is 5.33. The molecule has 1 heterocycles. The highest BCUT2D eigenvalue weighted by molar-refractivity contribution is 4.94. The molecule has 0 bridgehead atoms. The third-order valence-electron chi connectivity index (χ3n) is 1.97. The zero-order chi connectivity index (χ0) is 7.94. The van der Waals surface area contributed by atoms with E-state index in [-0.39, 0.29) is 0 Å². The molecule has 0 unspecified atom stereocenters. The third-order valence-corrected chi connectivity index (χ3v) is 1.97. The van der Waals surface area contributed by atoms with E-state index in [9.17, 15) is 0 Å². The molecular formula is C9H18N2. The minimum Gasteiger partial charge on any atom is -0.317 e. The summed E-state index contributed by atoms with van der Waals surface area (Å²) in [6.07, 6.45) is 5.76. The van der Waals surface area contributed by atoms with Gasteiger partial charge in [0.2, 0.25) is 0 Å². The Morgan fingerprint density at radius 2 is 2.09 bits per heavy atom. The van der Waals surface area contributed by atoms with Gasteiger partial charge in [0.25, 0.3) is 0 Å². The summed E-state index contributed by atoms with van der Waals surface area (Å²) in [5.41, 5.74) is 0. The number of nitrogens with one attached hydrogen (secondary N) is 1. The Balaban J connectivity index is 1.87. The molecule has 0 aliphatic carbocycles. The average Bonchev–Trinajstić information content (AvgIpc) is 2.50. The van der Waals surface area contributed by atoms with Gasteiger partial charge in [-0.25, -0.2) is 0 Å². The van der Waals surface area contributed by atoms with E-state index in [1.165, 1.54) is 13.0 Å². The van der Waals surface area contributed by atoms with Crippen LogP contribution in [0.5, 0.6) is 0 Å². The van der Waals surface area contributed by atoms with E-state index in [1.54, 1.807) is 0 Å². The molecule has 2 nitrogen and oxygen atoms in total. The van der Waals surface area contributed by atoms with Crippen molar-refractivity contribution < 1.29 is 0 Å². The van der Waals surface area contributed by atoms with Crippen LogP contribution in [0.2, 0.25) is 0 Å². The molecule has 11 heavy (non-hydrogen) atoms. The van der Waals surface area contributed by atoms with Crippen LogP contribution in [0.4, 0.5) is 0 Å². The normalized spacial score (nSPS) is 17.9. The van der Waals surface area contributed by atoms with E-state index < -0.39 is 0 Å². The van der Waals surface area contributed by atoms with E-state index in [0.29, 0.717) is 0 Å². The number of rotatable bonds is 5. The first-order valence-corrected chi connectivity index (χ1v) is 4.51. The quantitative estimate of drug-likeness (QED) is 0.466. The van der Waals surface area contributed by atoms with E-state index in [4.69, 9.17) is 0 Å². The van der Waals surface area contributed by atoms with Gasteiger partial charge >= 0.3 is 0 Å². The van der Waals surface area contributed by atoms with E-state index in [2.05, 4.69) is 29.3 Å². The molecule has 0 saturated carbocycles. The van der Waals surface area contributed by atoms with Crippen LogP contribution in [0.3, 0.4) is 0 Å². The Labute approximate surface area is 69.3 Å². The second-order valence-corrected chi connectivity index (χ2v) is 2.94. The maximum absolute atomic E-state index is 3.33. The number of nitrogens with zero attached hydrogens (tertiary/aromatic N) is 1. The lowest BCUT2D eigenvalue weighted by Gasteiger charge is -2.13. The molecule has 0 aromatic rings. The van der Waals surface area contributed by atoms with Crippen molar-refractivity contribution in [3.8, 4) is 0 Å². The van der Waals surface area contributed by atoms with Gasteiger partial charge in [0.15, 0.2) is 0 Å². The molecule has 0 radical (unpaired) electrons. The van der Waals surface area contributed by atoms with Crippen LogP contribution in [0, 0.1) is 0 Å². The highest BCUT2D eigenvalue weighted by Crippen LogP contribution is 1.98. The molecule has 0 amide bonds. The summed E-state index contributed by atoms with van der Waals surface area (Å²) in [6.45, 7) is 7.96. The average molecular weight is 154 g/mol. The molecule has 0 fully saturated rings.